The van der Waals surface area contributed by atoms with Crippen LogP contribution < -0.4 is 0 Å². The van der Waals surface area contributed by atoms with Gasteiger partial charge < -0.3 is 0 Å². The van der Waals surface area contributed by atoms with Gasteiger partial charge in [0.15, 0.2) is 0 Å². The number of fused-ring (bicyclic) bond motifs is 6. The topological polar surface area (TPSA) is 0 Å². The van der Waals surface area contributed by atoms with Crippen molar-refractivity contribution in [1.29, 1.82) is 0 Å². The summed E-state index contributed by atoms with van der Waals surface area (Å²) in [6.45, 7) is 0. The van der Waals surface area contributed by atoms with Crippen molar-refractivity contribution >= 4 is 76.3 Å². The predicted molar refractivity (Wildman–Crippen MR) is 319 cm³/mol. The molecule has 0 radical (unpaired) electrons. The molecule has 0 heteroatoms. The smallest absolute Gasteiger partial charge is 0.00259 e. The number of hydrogen-bond acceptors (Lipinski definition) is 0. The van der Waals surface area contributed by atoms with E-state index < -0.39 is 0 Å². The summed E-state index contributed by atoms with van der Waals surface area (Å²) in [6.07, 6.45) is 2.31. The Labute approximate surface area is 431 Å². The quantitative estimate of drug-likeness (QED) is 0.105. The maximum atomic E-state index is 2.44. The van der Waals surface area contributed by atoms with E-state index in [4.69, 9.17) is 0 Å². The molecule has 14 rings (SSSR count). The highest BCUT2D eigenvalue weighted by atomic mass is 14.2. The zero-order valence-electron chi connectivity index (χ0n) is 40.7. The second kappa shape index (κ2) is 18.2. The molecule has 0 nitrogen and oxygen atoms in total. The van der Waals surface area contributed by atoms with Crippen LogP contribution in [-0.2, 0) is 0 Å². The summed E-state index contributed by atoms with van der Waals surface area (Å²) in [5.74, 6) is 0. The van der Waals surface area contributed by atoms with Gasteiger partial charge in [0, 0.05) is 0 Å². The van der Waals surface area contributed by atoms with Crippen molar-refractivity contribution in [3.8, 4) is 55.6 Å². The van der Waals surface area contributed by atoms with Crippen molar-refractivity contribution in [1.82, 2.24) is 0 Å². The van der Waals surface area contributed by atoms with Crippen LogP contribution in [0.4, 0.5) is 0 Å². The van der Waals surface area contributed by atoms with E-state index in [0.29, 0.717) is 0 Å². The van der Waals surface area contributed by atoms with Crippen LogP contribution >= 0.6 is 0 Å². The minimum Gasteiger partial charge on any atom is -0.0622 e. The van der Waals surface area contributed by atoms with Crippen LogP contribution in [0.15, 0.2) is 285 Å². The monoisotopic (exact) mass is 936 g/mol. The molecule has 0 aliphatic rings. The summed E-state index contributed by atoms with van der Waals surface area (Å²) >= 11 is 0. The Morgan fingerprint density at radius 2 is 0.527 bits per heavy atom. The zero-order chi connectivity index (χ0) is 49.0. The molecular formula is C74H48. The molecule has 74 heavy (non-hydrogen) atoms. The molecule has 0 unspecified atom stereocenters. The molecule has 0 atom stereocenters. The van der Waals surface area contributed by atoms with Crippen LogP contribution in [0.25, 0.3) is 132 Å². The van der Waals surface area contributed by atoms with Gasteiger partial charge in [-0.05, 0) is 167 Å². The largest absolute Gasteiger partial charge is 0.0622 e. The van der Waals surface area contributed by atoms with Crippen molar-refractivity contribution in [3.63, 3.8) is 0 Å². The van der Waals surface area contributed by atoms with Crippen LogP contribution in [-0.4, -0.2) is 0 Å². The van der Waals surface area contributed by atoms with Gasteiger partial charge in [0.1, 0.15) is 0 Å². The Kier molecular flexibility index (Phi) is 10.6. The minimum atomic E-state index is 1.16. The first-order valence-electron chi connectivity index (χ1n) is 25.6. The predicted octanol–water partition coefficient (Wildman–Crippen LogP) is 20.5. The average molecular weight is 937 g/mol. The van der Waals surface area contributed by atoms with E-state index in [9.17, 15) is 0 Å². The Balaban J connectivity index is 0.894. The van der Waals surface area contributed by atoms with Crippen LogP contribution in [0.5, 0.6) is 0 Å². The summed E-state index contributed by atoms with van der Waals surface area (Å²) in [5, 5.41) is 14.9. The highest BCUT2D eigenvalue weighted by molar-refractivity contribution is 6.24. The number of hydrogen-bond donors (Lipinski definition) is 0. The SMILES string of the molecule is C(=C(c1ccccc1)c1ccccc1)c1ccc(-c2c3ccccc3c(-c3ccc(-c4ccc5c(-c6ccc7ccccc7c6)c6ccccc6c(-c6ccc7ccccc7c6)c5c4)cc3)c3ccccc23)cc1. The van der Waals surface area contributed by atoms with Gasteiger partial charge in [-0.3, -0.25) is 0 Å². The Morgan fingerprint density at radius 3 is 0.986 bits per heavy atom. The highest BCUT2D eigenvalue weighted by Crippen LogP contribution is 2.47. The van der Waals surface area contributed by atoms with E-state index >= 15 is 0 Å². The summed E-state index contributed by atoms with van der Waals surface area (Å²) in [6, 6.07) is 105. The Morgan fingerprint density at radius 1 is 0.203 bits per heavy atom. The van der Waals surface area contributed by atoms with E-state index in [-0.39, 0.29) is 0 Å². The first-order chi connectivity index (χ1) is 36.7. The molecule has 0 spiro atoms. The molecule has 0 saturated heterocycles. The lowest BCUT2D eigenvalue weighted by Crippen LogP contribution is -1.92. The Hall–Kier alpha value is -9.62. The van der Waals surface area contributed by atoms with Crippen molar-refractivity contribution in [2.75, 3.05) is 0 Å². The molecule has 0 N–H and O–H groups in total. The number of benzene rings is 14. The summed E-state index contributed by atoms with van der Waals surface area (Å²) in [7, 11) is 0. The van der Waals surface area contributed by atoms with Crippen LogP contribution in [0.2, 0.25) is 0 Å². The fourth-order valence-electron chi connectivity index (χ4n) is 11.7. The van der Waals surface area contributed by atoms with Crippen molar-refractivity contribution in [2.45, 2.75) is 0 Å². The van der Waals surface area contributed by atoms with E-state index in [1.165, 1.54) is 137 Å². The minimum absolute atomic E-state index is 1.16. The third-order valence-electron chi connectivity index (χ3n) is 15.2. The van der Waals surface area contributed by atoms with E-state index in [2.05, 4.69) is 291 Å². The van der Waals surface area contributed by atoms with E-state index in [1.807, 2.05) is 0 Å². The third kappa shape index (κ3) is 7.55. The maximum absolute atomic E-state index is 2.44. The zero-order valence-corrected chi connectivity index (χ0v) is 40.7. The van der Waals surface area contributed by atoms with Crippen LogP contribution in [0.1, 0.15) is 16.7 Å². The van der Waals surface area contributed by atoms with Gasteiger partial charge in [-0.2, -0.15) is 0 Å². The fourth-order valence-corrected chi connectivity index (χ4v) is 11.7. The van der Waals surface area contributed by atoms with E-state index in [0.717, 1.165) is 5.56 Å². The van der Waals surface area contributed by atoms with Gasteiger partial charge in [0.25, 0.3) is 0 Å². The first-order valence-corrected chi connectivity index (χ1v) is 25.6. The Bertz CT molecular complexity index is 4390. The van der Waals surface area contributed by atoms with Crippen LogP contribution in [0.3, 0.4) is 0 Å². The molecule has 0 saturated carbocycles. The van der Waals surface area contributed by atoms with Crippen molar-refractivity contribution in [3.05, 3.63) is 302 Å². The molecule has 0 fully saturated rings. The molecule has 0 aliphatic carbocycles. The summed E-state index contributed by atoms with van der Waals surface area (Å²) in [5.41, 5.74) is 17.0. The molecule has 0 aliphatic heterocycles. The molecule has 0 amide bonds. The molecule has 0 heterocycles. The second-order valence-electron chi connectivity index (χ2n) is 19.5. The second-order valence-corrected chi connectivity index (χ2v) is 19.5. The molecule has 14 aromatic carbocycles. The van der Waals surface area contributed by atoms with Crippen LogP contribution in [0, 0.1) is 0 Å². The van der Waals surface area contributed by atoms with Gasteiger partial charge in [0.05, 0.1) is 0 Å². The molecule has 344 valence electrons. The lowest BCUT2D eigenvalue weighted by Gasteiger charge is -2.19. The average Bonchev–Trinajstić information content (AvgIpc) is 3.47. The standard InChI is InChI=1S/C74H48/c1-3-19-53(20-4-1)69(54-21-5-2-6-22-54)45-49-31-33-55(34-32-49)71-62-25-11-13-27-64(62)72(65-28-14-12-26-63(65)71)56-39-35-52(36-40-56)59-43-44-68-70(48-59)74(61-42-38-51-18-8-10-24-58(51)47-61)67-30-16-15-29-66(67)73(68)60-41-37-50-17-7-9-23-57(50)46-60/h1-48H. The summed E-state index contributed by atoms with van der Waals surface area (Å²) in [4.78, 5) is 0. The van der Waals surface area contributed by atoms with E-state index in [1.54, 1.807) is 0 Å². The first kappa shape index (κ1) is 43.2. The summed E-state index contributed by atoms with van der Waals surface area (Å²) < 4.78 is 0. The number of rotatable bonds is 8. The lowest BCUT2D eigenvalue weighted by molar-refractivity contribution is 1.55. The van der Waals surface area contributed by atoms with Crippen molar-refractivity contribution in [2.24, 2.45) is 0 Å². The molecule has 0 bridgehead atoms. The van der Waals surface area contributed by atoms with Gasteiger partial charge in [-0.1, -0.05) is 267 Å². The van der Waals surface area contributed by atoms with Gasteiger partial charge in [-0.25, -0.2) is 0 Å². The van der Waals surface area contributed by atoms with Gasteiger partial charge in [-0.15, -0.1) is 0 Å². The third-order valence-corrected chi connectivity index (χ3v) is 15.2. The molecule has 0 aromatic heterocycles. The lowest BCUT2D eigenvalue weighted by atomic mass is 9.84. The van der Waals surface area contributed by atoms with Gasteiger partial charge in [0.2, 0.25) is 0 Å². The van der Waals surface area contributed by atoms with Gasteiger partial charge >= 0.3 is 0 Å². The normalized spacial score (nSPS) is 11.5. The van der Waals surface area contributed by atoms with Crippen molar-refractivity contribution < 1.29 is 0 Å². The fraction of sp³-hybridized carbons (Fsp3) is 0. The maximum Gasteiger partial charge on any atom is -0.00259 e. The molecular weight excluding hydrogens is 889 g/mol. The highest BCUT2D eigenvalue weighted by Gasteiger charge is 2.20. The molecule has 14 aromatic rings.